The highest BCUT2D eigenvalue weighted by Crippen LogP contribution is 2.13. The zero-order valence-corrected chi connectivity index (χ0v) is 12.3. The fraction of sp³-hybridized carbons (Fsp3) is 0.538. The highest BCUT2D eigenvalue weighted by Gasteiger charge is 2.19. The van der Waals surface area contributed by atoms with E-state index >= 15 is 0 Å². The van der Waals surface area contributed by atoms with Crippen molar-refractivity contribution in [1.82, 2.24) is 18.7 Å². The SMILES string of the molecule is CCCCn1c(CC(=O)O)nc2c1c(=O)n(C)c(=O)n2C. The molecule has 0 aliphatic heterocycles. The largest absolute Gasteiger partial charge is 0.481 e. The van der Waals surface area contributed by atoms with Gasteiger partial charge in [-0.15, -0.1) is 0 Å². The molecule has 8 nitrogen and oxygen atoms in total. The molecule has 0 radical (unpaired) electrons. The van der Waals surface area contributed by atoms with Crippen LogP contribution in [0.4, 0.5) is 0 Å². The number of nitrogens with zero attached hydrogens (tertiary/aromatic N) is 4. The van der Waals surface area contributed by atoms with Crippen LogP contribution in [0.2, 0.25) is 0 Å². The van der Waals surface area contributed by atoms with Crippen LogP contribution in [0.15, 0.2) is 9.59 Å². The Morgan fingerprint density at radius 2 is 1.90 bits per heavy atom. The van der Waals surface area contributed by atoms with Crippen molar-refractivity contribution >= 4 is 17.1 Å². The van der Waals surface area contributed by atoms with Gasteiger partial charge in [0.05, 0.1) is 0 Å². The lowest BCUT2D eigenvalue weighted by Crippen LogP contribution is -2.37. The summed E-state index contributed by atoms with van der Waals surface area (Å²) in [7, 11) is 2.92. The third-order valence-corrected chi connectivity index (χ3v) is 3.47. The molecule has 0 aromatic carbocycles. The van der Waals surface area contributed by atoms with Gasteiger partial charge in [-0.25, -0.2) is 9.78 Å². The number of hydrogen-bond donors (Lipinski definition) is 1. The van der Waals surface area contributed by atoms with E-state index in [0.717, 1.165) is 17.4 Å². The van der Waals surface area contributed by atoms with E-state index < -0.39 is 17.2 Å². The number of aliphatic carboxylic acids is 1. The van der Waals surface area contributed by atoms with Gasteiger partial charge in [0.2, 0.25) is 0 Å². The first-order chi connectivity index (χ1) is 9.88. The maximum Gasteiger partial charge on any atom is 0.332 e. The molecule has 8 heteroatoms. The summed E-state index contributed by atoms with van der Waals surface area (Å²) in [5.74, 6) is -0.728. The van der Waals surface area contributed by atoms with Gasteiger partial charge in [0.25, 0.3) is 5.56 Å². The summed E-state index contributed by atoms with van der Waals surface area (Å²) in [6.07, 6.45) is 1.41. The molecular formula is C13H18N4O4. The fourth-order valence-electron chi connectivity index (χ4n) is 2.32. The van der Waals surface area contributed by atoms with Gasteiger partial charge in [-0.2, -0.15) is 0 Å². The molecule has 114 valence electrons. The number of carboxylic acid groups (broad SMARTS) is 1. The van der Waals surface area contributed by atoms with Crippen molar-refractivity contribution in [2.45, 2.75) is 32.7 Å². The van der Waals surface area contributed by atoms with E-state index in [9.17, 15) is 14.4 Å². The summed E-state index contributed by atoms with van der Waals surface area (Å²) in [6, 6.07) is 0. The average molecular weight is 294 g/mol. The van der Waals surface area contributed by atoms with E-state index in [2.05, 4.69) is 4.98 Å². The maximum atomic E-state index is 12.3. The Morgan fingerprint density at radius 1 is 1.24 bits per heavy atom. The van der Waals surface area contributed by atoms with Crippen molar-refractivity contribution in [2.24, 2.45) is 14.1 Å². The summed E-state index contributed by atoms with van der Waals surface area (Å²) < 4.78 is 3.90. The Balaban J connectivity index is 2.83. The lowest BCUT2D eigenvalue weighted by Gasteiger charge is -2.07. The molecule has 0 saturated heterocycles. The van der Waals surface area contributed by atoms with Gasteiger partial charge >= 0.3 is 11.7 Å². The molecule has 1 N–H and O–H groups in total. The zero-order valence-electron chi connectivity index (χ0n) is 12.3. The summed E-state index contributed by atoms with van der Waals surface area (Å²) >= 11 is 0. The van der Waals surface area contributed by atoms with Gasteiger partial charge in [-0.1, -0.05) is 13.3 Å². The van der Waals surface area contributed by atoms with Crippen molar-refractivity contribution in [2.75, 3.05) is 0 Å². The van der Waals surface area contributed by atoms with E-state index in [1.807, 2.05) is 6.92 Å². The number of carbonyl (C=O) groups is 1. The lowest BCUT2D eigenvalue weighted by molar-refractivity contribution is -0.136. The van der Waals surface area contributed by atoms with Crippen LogP contribution in [-0.2, 0) is 31.9 Å². The van der Waals surface area contributed by atoms with Gasteiger partial charge in [0.15, 0.2) is 11.2 Å². The average Bonchev–Trinajstić information content (AvgIpc) is 2.78. The van der Waals surface area contributed by atoms with Crippen molar-refractivity contribution in [3.63, 3.8) is 0 Å². The Bertz CT molecular complexity index is 812. The van der Waals surface area contributed by atoms with Gasteiger partial charge in [-0.3, -0.25) is 18.7 Å². The first-order valence-corrected chi connectivity index (χ1v) is 6.75. The van der Waals surface area contributed by atoms with E-state index in [0.29, 0.717) is 12.4 Å². The molecule has 0 bridgehead atoms. The highest BCUT2D eigenvalue weighted by molar-refractivity contribution is 5.74. The second kappa shape index (κ2) is 5.55. The zero-order chi connectivity index (χ0) is 15.7. The second-order valence-electron chi connectivity index (χ2n) is 4.98. The topological polar surface area (TPSA) is 99.1 Å². The molecule has 0 unspecified atom stereocenters. The third-order valence-electron chi connectivity index (χ3n) is 3.47. The number of aryl methyl sites for hydroxylation is 2. The van der Waals surface area contributed by atoms with Gasteiger partial charge in [-0.05, 0) is 6.42 Å². The van der Waals surface area contributed by atoms with Gasteiger partial charge in [0, 0.05) is 20.6 Å². The van der Waals surface area contributed by atoms with E-state index in [-0.39, 0.29) is 17.6 Å². The van der Waals surface area contributed by atoms with Crippen molar-refractivity contribution in [3.8, 4) is 0 Å². The lowest BCUT2D eigenvalue weighted by atomic mass is 10.3. The van der Waals surface area contributed by atoms with Crippen LogP contribution >= 0.6 is 0 Å². The fourth-order valence-corrected chi connectivity index (χ4v) is 2.32. The monoisotopic (exact) mass is 294 g/mol. The maximum absolute atomic E-state index is 12.3. The molecule has 0 amide bonds. The third kappa shape index (κ3) is 2.48. The van der Waals surface area contributed by atoms with Gasteiger partial charge < -0.3 is 9.67 Å². The summed E-state index contributed by atoms with van der Waals surface area (Å²) in [6.45, 7) is 2.51. The Labute approximate surface area is 120 Å². The molecule has 2 rings (SSSR count). The standard InChI is InChI=1S/C13H18N4O4/c1-4-5-6-17-8(7-9(18)19)14-11-10(17)12(20)16(3)13(21)15(11)2/h4-7H2,1-3H3,(H,18,19). The summed E-state index contributed by atoms with van der Waals surface area (Å²) in [4.78, 5) is 39.4. The van der Waals surface area contributed by atoms with Crippen LogP contribution in [0.3, 0.4) is 0 Å². The Kier molecular flexibility index (Phi) is 3.97. The predicted molar refractivity (Wildman–Crippen MR) is 76.5 cm³/mol. The molecule has 0 aliphatic rings. The van der Waals surface area contributed by atoms with E-state index in [4.69, 9.17) is 5.11 Å². The van der Waals surface area contributed by atoms with Crippen LogP contribution in [0.1, 0.15) is 25.6 Å². The number of aromatic nitrogens is 4. The van der Waals surface area contributed by atoms with Crippen LogP contribution in [0, 0.1) is 0 Å². The Morgan fingerprint density at radius 3 is 2.48 bits per heavy atom. The molecular weight excluding hydrogens is 276 g/mol. The Hall–Kier alpha value is -2.38. The molecule has 21 heavy (non-hydrogen) atoms. The number of fused-ring (bicyclic) bond motifs is 1. The molecule has 0 aliphatic carbocycles. The number of imidazole rings is 1. The molecule has 2 heterocycles. The van der Waals surface area contributed by atoms with Crippen molar-refractivity contribution in [3.05, 3.63) is 26.7 Å². The minimum atomic E-state index is -1.02. The predicted octanol–water partition coefficient (Wildman–Crippen LogP) is -0.139. The molecule has 0 spiro atoms. The number of carboxylic acids is 1. The number of rotatable bonds is 5. The molecule has 0 atom stereocenters. The van der Waals surface area contributed by atoms with Gasteiger partial charge in [0.1, 0.15) is 12.2 Å². The van der Waals surface area contributed by atoms with Crippen LogP contribution < -0.4 is 11.2 Å². The molecule has 0 saturated carbocycles. The number of unbranched alkanes of at least 4 members (excludes halogenated alkanes) is 1. The second-order valence-corrected chi connectivity index (χ2v) is 4.98. The van der Waals surface area contributed by atoms with Crippen LogP contribution in [0.25, 0.3) is 11.2 Å². The molecule has 2 aromatic heterocycles. The van der Waals surface area contributed by atoms with Crippen molar-refractivity contribution in [1.29, 1.82) is 0 Å². The van der Waals surface area contributed by atoms with E-state index in [1.165, 1.54) is 18.7 Å². The quantitative estimate of drug-likeness (QED) is 0.827. The first-order valence-electron chi connectivity index (χ1n) is 6.75. The van der Waals surface area contributed by atoms with Crippen LogP contribution in [0.5, 0.6) is 0 Å². The summed E-state index contributed by atoms with van der Waals surface area (Å²) in [5, 5.41) is 8.98. The molecule has 2 aromatic rings. The minimum Gasteiger partial charge on any atom is -0.481 e. The summed E-state index contributed by atoms with van der Waals surface area (Å²) in [5.41, 5.74) is -0.414. The minimum absolute atomic E-state index is 0.232. The van der Waals surface area contributed by atoms with E-state index in [1.54, 1.807) is 4.57 Å². The first kappa shape index (κ1) is 15.0. The van der Waals surface area contributed by atoms with Crippen molar-refractivity contribution < 1.29 is 9.90 Å². The highest BCUT2D eigenvalue weighted by atomic mass is 16.4. The molecule has 0 fully saturated rings. The normalized spacial score (nSPS) is 11.2. The smallest absolute Gasteiger partial charge is 0.332 e. The van der Waals surface area contributed by atoms with Crippen LogP contribution in [-0.4, -0.2) is 29.8 Å². The number of hydrogen-bond acceptors (Lipinski definition) is 4.